The van der Waals surface area contributed by atoms with Crippen LogP contribution in [0.2, 0.25) is 0 Å². The number of anilines is 2. The maximum absolute atomic E-state index is 12.1. The van der Waals surface area contributed by atoms with Crippen molar-refractivity contribution in [2.75, 3.05) is 16.8 Å². The number of carbonyl (C=O) groups excluding carboxylic acids is 1. The van der Waals surface area contributed by atoms with Crippen LogP contribution in [-0.4, -0.2) is 22.2 Å². The summed E-state index contributed by atoms with van der Waals surface area (Å²) >= 11 is 0. The third-order valence-electron chi connectivity index (χ3n) is 4.17. The second kappa shape index (κ2) is 6.22. The lowest BCUT2D eigenvalue weighted by molar-refractivity contribution is -0.119. The van der Waals surface area contributed by atoms with E-state index < -0.39 is 0 Å². The Balaban J connectivity index is 1.76. The normalized spacial score (nSPS) is 16.6. The van der Waals surface area contributed by atoms with Crippen LogP contribution in [0.5, 0.6) is 0 Å². The number of carbonyl (C=O) groups is 1. The van der Waals surface area contributed by atoms with Crippen molar-refractivity contribution in [3.63, 3.8) is 0 Å². The van der Waals surface area contributed by atoms with Crippen LogP contribution in [0.15, 0.2) is 36.5 Å². The SMILES string of the molecule is CC(Nc1cccc(N2CCCCC2=O)c1)c1ccnn1C. The number of nitrogens with one attached hydrogen (secondary N) is 1. The molecule has 1 aromatic heterocycles. The Morgan fingerprint density at radius 2 is 2.14 bits per heavy atom. The first-order chi connectivity index (χ1) is 10.6. The zero-order valence-corrected chi connectivity index (χ0v) is 13.1. The molecule has 3 rings (SSSR count). The van der Waals surface area contributed by atoms with Gasteiger partial charge < -0.3 is 10.2 Å². The quantitative estimate of drug-likeness (QED) is 0.943. The van der Waals surface area contributed by atoms with E-state index in [1.54, 1.807) is 6.20 Å². The summed E-state index contributed by atoms with van der Waals surface area (Å²) in [5.74, 6) is 0.225. The van der Waals surface area contributed by atoms with Crippen molar-refractivity contribution in [1.82, 2.24) is 9.78 Å². The highest BCUT2D eigenvalue weighted by Crippen LogP contribution is 2.26. The molecule has 2 aromatic rings. The minimum absolute atomic E-state index is 0.153. The zero-order chi connectivity index (χ0) is 15.5. The van der Waals surface area contributed by atoms with Crippen molar-refractivity contribution in [2.24, 2.45) is 7.05 Å². The Kier molecular flexibility index (Phi) is 4.13. The first-order valence-corrected chi connectivity index (χ1v) is 7.80. The van der Waals surface area contributed by atoms with Crippen LogP contribution >= 0.6 is 0 Å². The first kappa shape index (κ1) is 14.6. The molecule has 0 saturated carbocycles. The smallest absolute Gasteiger partial charge is 0.226 e. The second-order valence-corrected chi connectivity index (χ2v) is 5.80. The van der Waals surface area contributed by atoms with Gasteiger partial charge in [-0.05, 0) is 44.0 Å². The van der Waals surface area contributed by atoms with Gasteiger partial charge in [-0.1, -0.05) is 6.07 Å². The van der Waals surface area contributed by atoms with Crippen LogP contribution in [0.4, 0.5) is 11.4 Å². The number of nitrogens with zero attached hydrogens (tertiary/aromatic N) is 3. The van der Waals surface area contributed by atoms with Gasteiger partial charge in [0.1, 0.15) is 0 Å². The van der Waals surface area contributed by atoms with E-state index in [4.69, 9.17) is 0 Å². The molecule has 1 fully saturated rings. The van der Waals surface area contributed by atoms with Gasteiger partial charge in [0.2, 0.25) is 5.91 Å². The van der Waals surface area contributed by atoms with E-state index in [0.29, 0.717) is 6.42 Å². The Hall–Kier alpha value is -2.30. The fraction of sp³-hybridized carbons (Fsp3) is 0.412. The van der Waals surface area contributed by atoms with Crippen molar-refractivity contribution in [2.45, 2.75) is 32.2 Å². The summed E-state index contributed by atoms with van der Waals surface area (Å²) in [6, 6.07) is 10.2. The average Bonchev–Trinajstić information content (AvgIpc) is 2.94. The summed E-state index contributed by atoms with van der Waals surface area (Å²) in [4.78, 5) is 13.9. The number of benzene rings is 1. The van der Waals surface area contributed by atoms with E-state index in [9.17, 15) is 4.79 Å². The zero-order valence-electron chi connectivity index (χ0n) is 13.1. The van der Waals surface area contributed by atoms with Crippen molar-refractivity contribution >= 4 is 17.3 Å². The van der Waals surface area contributed by atoms with Crippen molar-refractivity contribution in [1.29, 1.82) is 0 Å². The van der Waals surface area contributed by atoms with Crippen molar-refractivity contribution in [3.8, 4) is 0 Å². The summed E-state index contributed by atoms with van der Waals surface area (Å²) in [6.07, 6.45) is 4.54. The molecule has 1 atom stereocenters. The highest BCUT2D eigenvalue weighted by molar-refractivity contribution is 5.94. The number of amides is 1. The molecule has 1 aliphatic rings. The number of aryl methyl sites for hydroxylation is 1. The first-order valence-electron chi connectivity index (χ1n) is 7.80. The molecule has 0 bridgehead atoms. The molecule has 1 unspecified atom stereocenters. The predicted molar refractivity (Wildman–Crippen MR) is 87.9 cm³/mol. The molecule has 5 heteroatoms. The fourth-order valence-corrected chi connectivity index (χ4v) is 2.98. The summed E-state index contributed by atoms with van der Waals surface area (Å²) < 4.78 is 1.87. The van der Waals surface area contributed by atoms with Gasteiger partial charge in [0.15, 0.2) is 0 Å². The lowest BCUT2D eigenvalue weighted by Gasteiger charge is -2.27. The van der Waals surface area contributed by atoms with E-state index in [0.717, 1.165) is 36.5 Å². The lowest BCUT2D eigenvalue weighted by Crippen LogP contribution is -2.35. The third-order valence-corrected chi connectivity index (χ3v) is 4.17. The number of aromatic nitrogens is 2. The number of rotatable bonds is 4. The van der Waals surface area contributed by atoms with Gasteiger partial charge >= 0.3 is 0 Å². The summed E-state index contributed by atoms with van der Waals surface area (Å²) in [5, 5.41) is 7.68. The van der Waals surface area contributed by atoms with Gasteiger partial charge in [0.25, 0.3) is 0 Å². The molecule has 2 heterocycles. The van der Waals surface area contributed by atoms with Crippen LogP contribution < -0.4 is 10.2 Å². The molecule has 1 aromatic carbocycles. The highest BCUT2D eigenvalue weighted by Gasteiger charge is 2.19. The topological polar surface area (TPSA) is 50.2 Å². The van der Waals surface area contributed by atoms with Crippen molar-refractivity contribution < 1.29 is 4.79 Å². The monoisotopic (exact) mass is 298 g/mol. The summed E-state index contributed by atoms with van der Waals surface area (Å²) in [5.41, 5.74) is 3.12. The molecule has 5 nitrogen and oxygen atoms in total. The molecule has 1 aliphatic heterocycles. The van der Waals surface area contributed by atoms with Crippen LogP contribution in [0.1, 0.15) is 37.9 Å². The van der Waals surface area contributed by atoms with Gasteiger partial charge in [-0.3, -0.25) is 9.48 Å². The van der Waals surface area contributed by atoms with E-state index in [1.807, 2.05) is 40.9 Å². The van der Waals surface area contributed by atoms with Gasteiger partial charge in [0.05, 0.1) is 11.7 Å². The fourth-order valence-electron chi connectivity index (χ4n) is 2.98. The van der Waals surface area contributed by atoms with Crippen molar-refractivity contribution in [3.05, 3.63) is 42.2 Å². The van der Waals surface area contributed by atoms with E-state index in [1.165, 1.54) is 0 Å². The highest BCUT2D eigenvalue weighted by atomic mass is 16.2. The van der Waals surface area contributed by atoms with Gasteiger partial charge in [-0.15, -0.1) is 0 Å². The van der Waals surface area contributed by atoms with Gasteiger partial charge in [0, 0.05) is 37.6 Å². The molecule has 0 spiro atoms. The second-order valence-electron chi connectivity index (χ2n) is 5.80. The molecular weight excluding hydrogens is 276 g/mol. The standard InChI is InChI=1S/C17H22N4O/c1-13(16-9-10-18-20(16)2)19-14-6-5-7-15(12-14)21-11-4-3-8-17(21)22/h5-7,9-10,12-13,19H,3-4,8,11H2,1-2H3. The minimum atomic E-state index is 0.153. The molecule has 0 radical (unpaired) electrons. The van der Waals surface area contributed by atoms with Crippen LogP contribution in [0.25, 0.3) is 0 Å². The average molecular weight is 298 g/mol. The molecule has 0 aliphatic carbocycles. The Morgan fingerprint density at radius 3 is 2.86 bits per heavy atom. The largest absolute Gasteiger partial charge is 0.377 e. The van der Waals surface area contributed by atoms with E-state index in [-0.39, 0.29) is 11.9 Å². The number of hydrogen-bond acceptors (Lipinski definition) is 3. The molecule has 1 N–H and O–H groups in total. The van der Waals surface area contributed by atoms with Crippen LogP contribution in [0.3, 0.4) is 0 Å². The van der Waals surface area contributed by atoms with Gasteiger partial charge in [-0.2, -0.15) is 5.10 Å². The number of hydrogen-bond donors (Lipinski definition) is 1. The molecule has 1 saturated heterocycles. The summed E-state index contributed by atoms with van der Waals surface area (Å²) in [7, 11) is 1.94. The lowest BCUT2D eigenvalue weighted by atomic mass is 10.1. The Morgan fingerprint density at radius 1 is 1.27 bits per heavy atom. The minimum Gasteiger partial charge on any atom is -0.377 e. The van der Waals surface area contributed by atoms with Gasteiger partial charge in [-0.25, -0.2) is 0 Å². The predicted octanol–water partition coefficient (Wildman–Crippen LogP) is 3.11. The molecule has 22 heavy (non-hydrogen) atoms. The summed E-state index contributed by atoms with van der Waals surface area (Å²) in [6.45, 7) is 2.93. The Bertz CT molecular complexity index is 664. The Labute approximate surface area is 130 Å². The maximum atomic E-state index is 12.1. The molecule has 1 amide bonds. The van der Waals surface area contributed by atoms with E-state index in [2.05, 4.69) is 23.4 Å². The van der Waals surface area contributed by atoms with Crippen LogP contribution in [-0.2, 0) is 11.8 Å². The number of piperidine rings is 1. The van der Waals surface area contributed by atoms with Crippen LogP contribution in [0, 0.1) is 0 Å². The third kappa shape index (κ3) is 2.98. The molecule has 116 valence electrons. The van der Waals surface area contributed by atoms with E-state index >= 15 is 0 Å². The molecular formula is C17H22N4O. The maximum Gasteiger partial charge on any atom is 0.226 e.